The summed E-state index contributed by atoms with van der Waals surface area (Å²) in [5, 5.41) is 9.01. The zero-order valence-electron chi connectivity index (χ0n) is 33.8. The molecule has 0 unspecified atom stereocenters. The maximum Gasteiger partial charge on any atom is 0.426 e. The fraction of sp³-hybridized carbons (Fsp3) is 0.238. The van der Waals surface area contributed by atoms with Crippen molar-refractivity contribution in [1.82, 2.24) is 19.6 Å². The Kier molecular flexibility index (Phi) is 14.2. The molecule has 0 atom stereocenters. The van der Waals surface area contributed by atoms with Crippen LogP contribution in [0.4, 0.5) is 20.2 Å². The smallest absolute Gasteiger partial charge is 0.426 e. The summed E-state index contributed by atoms with van der Waals surface area (Å²) in [7, 11) is -0.406. The number of amides is 2. The van der Waals surface area contributed by atoms with E-state index < -0.39 is 11.6 Å². The molecule has 1 fully saturated rings. The minimum atomic E-state index is -0.589. The maximum atomic E-state index is 14.4. The summed E-state index contributed by atoms with van der Waals surface area (Å²) in [5.74, 6) is -1.78. The minimum absolute atomic E-state index is 0.00288. The maximum absolute atomic E-state index is 14.4. The highest BCUT2D eigenvalue weighted by Gasteiger charge is 2.35. The van der Waals surface area contributed by atoms with Crippen molar-refractivity contribution in [2.45, 2.75) is 53.3 Å². The summed E-state index contributed by atoms with van der Waals surface area (Å²) in [5.41, 5.74) is 6.07. The average Bonchev–Trinajstić information content (AvgIpc) is 3.73. The van der Waals surface area contributed by atoms with E-state index in [1.807, 2.05) is 92.7 Å². The van der Waals surface area contributed by atoms with Crippen molar-refractivity contribution in [3.63, 3.8) is 0 Å². The standard InChI is InChI=1S/C20H17ClFN3O.C19H14BrClFN3O.C3H9B3O3/c1-13-15-10-11-24(17-9-5-8-16(21)18(17)22)20(26)19(15)23-25(13)12-14-6-3-2-4-7-14;20-18-13-9-10-24(15-8-4-7-14(21)16(15)22)19(26)17(13)23-25(18)11-12-5-2-1-3-6-12;1-4-7-5(2)9-6(3)8-4/h2-9H,10-12H2,1H3;1-8H,9-11H2;1-3H3. The summed E-state index contributed by atoms with van der Waals surface area (Å²) >= 11 is 15.3. The lowest BCUT2D eigenvalue weighted by molar-refractivity contribution is 0.0966. The Labute approximate surface area is 372 Å². The fourth-order valence-corrected chi connectivity index (χ4v) is 8.30. The number of hydrogen-bond acceptors (Lipinski definition) is 7. The molecule has 61 heavy (non-hydrogen) atoms. The Morgan fingerprint density at radius 1 is 0.623 bits per heavy atom. The molecule has 3 aliphatic heterocycles. The van der Waals surface area contributed by atoms with Crippen molar-refractivity contribution < 1.29 is 32.1 Å². The molecule has 0 bridgehead atoms. The highest BCUT2D eigenvalue weighted by atomic mass is 79.9. The Morgan fingerprint density at radius 2 is 1.03 bits per heavy atom. The van der Waals surface area contributed by atoms with Gasteiger partial charge in [-0.3, -0.25) is 19.0 Å². The van der Waals surface area contributed by atoms with E-state index in [-0.39, 0.29) is 54.6 Å². The second kappa shape index (κ2) is 19.5. The van der Waals surface area contributed by atoms with Crippen LogP contribution in [-0.4, -0.2) is 65.8 Å². The van der Waals surface area contributed by atoms with Gasteiger partial charge in [0.25, 0.3) is 11.8 Å². The molecule has 0 spiro atoms. The van der Waals surface area contributed by atoms with Crippen LogP contribution in [0.15, 0.2) is 102 Å². The zero-order chi connectivity index (χ0) is 43.4. The lowest BCUT2D eigenvalue weighted by atomic mass is 9.74. The Hall–Kier alpha value is -4.77. The van der Waals surface area contributed by atoms with Crippen molar-refractivity contribution in [2.75, 3.05) is 22.9 Å². The van der Waals surface area contributed by atoms with E-state index in [2.05, 4.69) is 26.1 Å². The van der Waals surface area contributed by atoms with Crippen LogP contribution >= 0.6 is 39.1 Å². The van der Waals surface area contributed by atoms with Gasteiger partial charge in [0.2, 0.25) is 0 Å². The lowest BCUT2D eigenvalue weighted by Crippen LogP contribution is -2.44. The van der Waals surface area contributed by atoms with Gasteiger partial charge in [-0.1, -0.05) is 96.0 Å². The number of hydrogen-bond donors (Lipinski definition) is 0. The molecule has 0 saturated carbocycles. The number of benzene rings is 4. The van der Waals surface area contributed by atoms with E-state index in [0.29, 0.717) is 50.4 Å². The third-order valence-corrected chi connectivity index (χ3v) is 11.8. The van der Waals surface area contributed by atoms with Gasteiger partial charge >= 0.3 is 21.4 Å². The molecule has 1 saturated heterocycles. The number of aromatic nitrogens is 4. The summed E-state index contributed by atoms with van der Waals surface area (Å²) in [4.78, 5) is 28.7. The first kappa shape index (κ1) is 44.3. The highest BCUT2D eigenvalue weighted by molar-refractivity contribution is 9.10. The van der Waals surface area contributed by atoms with Crippen LogP contribution in [0.1, 0.15) is 48.9 Å². The van der Waals surface area contributed by atoms with Crippen LogP contribution in [0.25, 0.3) is 0 Å². The molecule has 2 aromatic heterocycles. The van der Waals surface area contributed by atoms with Crippen LogP contribution in [0.2, 0.25) is 30.5 Å². The minimum Gasteiger partial charge on any atom is -0.453 e. The van der Waals surface area contributed by atoms with E-state index in [4.69, 9.17) is 36.9 Å². The first-order valence-corrected chi connectivity index (χ1v) is 21.2. The van der Waals surface area contributed by atoms with Gasteiger partial charge in [0, 0.05) is 29.9 Å². The normalized spacial score (nSPS) is 14.9. The SMILES string of the molecule is CB1OB(C)OB(C)O1.Cc1c2c(nn1Cc1ccccc1)C(=O)N(c1cccc(Cl)c1F)CC2.O=C1c2nn(Cc3ccccc3)c(Br)c2CCN1c1cccc(Cl)c1F. The predicted molar refractivity (Wildman–Crippen MR) is 240 cm³/mol. The van der Waals surface area contributed by atoms with Crippen molar-refractivity contribution in [2.24, 2.45) is 0 Å². The number of halogens is 5. The molecule has 4 aromatic carbocycles. The van der Waals surface area contributed by atoms with E-state index in [1.165, 1.54) is 21.9 Å². The fourth-order valence-electron chi connectivity index (χ4n) is 7.37. The molecule has 0 N–H and O–H groups in total. The van der Waals surface area contributed by atoms with Crippen molar-refractivity contribution >= 4 is 83.7 Å². The molecule has 5 heterocycles. The first-order valence-electron chi connectivity index (χ1n) is 19.7. The predicted octanol–water partition coefficient (Wildman–Crippen LogP) is 9.33. The average molecular weight is 930 g/mol. The second-order valence-electron chi connectivity index (χ2n) is 14.5. The van der Waals surface area contributed by atoms with Crippen LogP contribution < -0.4 is 9.80 Å². The number of nitrogens with zero attached hydrogens (tertiary/aromatic N) is 6. The van der Waals surface area contributed by atoms with Gasteiger partial charge in [0.15, 0.2) is 23.0 Å². The van der Waals surface area contributed by atoms with Crippen LogP contribution in [0, 0.1) is 18.6 Å². The highest BCUT2D eigenvalue weighted by Crippen LogP contribution is 2.34. The van der Waals surface area contributed by atoms with Crippen LogP contribution in [0.3, 0.4) is 0 Å². The molecule has 2 amide bonds. The van der Waals surface area contributed by atoms with E-state index >= 15 is 0 Å². The summed E-state index contributed by atoms with van der Waals surface area (Å²) in [6, 6.07) is 29.2. The monoisotopic (exact) mass is 928 g/mol. The van der Waals surface area contributed by atoms with Gasteiger partial charge in [-0.15, -0.1) is 0 Å². The van der Waals surface area contributed by atoms with Crippen LogP contribution in [-0.2, 0) is 39.6 Å². The summed E-state index contributed by atoms with van der Waals surface area (Å²) in [6.45, 7) is 9.46. The van der Waals surface area contributed by atoms with E-state index in [0.717, 1.165) is 32.6 Å². The number of rotatable bonds is 6. The van der Waals surface area contributed by atoms with E-state index in [9.17, 15) is 18.4 Å². The van der Waals surface area contributed by atoms with Crippen molar-refractivity contribution in [3.05, 3.63) is 163 Å². The Bertz CT molecular complexity index is 2350. The summed E-state index contributed by atoms with van der Waals surface area (Å²) in [6.07, 6.45) is 1.22. The quantitative estimate of drug-likeness (QED) is 0.154. The van der Waals surface area contributed by atoms with Gasteiger partial charge in [-0.2, -0.15) is 10.2 Å². The molecular weight excluding hydrogens is 890 g/mol. The number of fused-ring (bicyclic) bond motifs is 2. The molecule has 0 aliphatic carbocycles. The molecule has 0 radical (unpaired) electrons. The number of anilines is 2. The molecule has 11 nitrogen and oxygen atoms in total. The number of carbonyl (C=O) groups is 2. The number of carbonyl (C=O) groups excluding carboxylic acids is 2. The third kappa shape index (κ3) is 9.98. The van der Waals surface area contributed by atoms with Crippen molar-refractivity contribution in [3.8, 4) is 0 Å². The lowest BCUT2D eigenvalue weighted by Gasteiger charge is -2.26. The zero-order valence-corrected chi connectivity index (χ0v) is 36.9. The van der Waals surface area contributed by atoms with Gasteiger partial charge in [-0.25, -0.2) is 8.78 Å². The van der Waals surface area contributed by atoms with Crippen LogP contribution in [0.5, 0.6) is 0 Å². The Balaban J connectivity index is 0.000000153. The van der Waals surface area contributed by atoms with Gasteiger partial charge in [0.05, 0.1) is 34.5 Å². The van der Waals surface area contributed by atoms with Gasteiger partial charge < -0.3 is 23.5 Å². The third-order valence-electron chi connectivity index (χ3n) is 10.3. The van der Waals surface area contributed by atoms with Gasteiger partial charge in [0.1, 0.15) is 4.60 Å². The molecular formula is C42H40B3BrCl2F2N6O5. The molecule has 6 aromatic rings. The topological polar surface area (TPSA) is 104 Å². The molecule has 3 aliphatic rings. The molecule has 19 heteroatoms. The second-order valence-corrected chi connectivity index (χ2v) is 16.1. The van der Waals surface area contributed by atoms with E-state index in [1.54, 1.807) is 28.9 Å². The Morgan fingerprint density at radius 3 is 1.51 bits per heavy atom. The molecule has 312 valence electrons. The van der Waals surface area contributed by atoms with Gasteiger partial charge in [-0.05, 0) is 91.6 Å². The first-order chi connectivity index (χ1) is 29.3. The summed E-state index contributed by atoms with van der Waals surface area (Å²) < 4.78 is 48.4. The van der Waals surface area contributed by atoms with Crippen molar-refractivity contribution in [1.29, 1.82) is 0 Å². The molecule has 9 rings (SSSR count). The largest absolute Gasteiger partial charge is 0.453 e.